The minimum Gasteiger partial charge on any atom is -0.0845 e. The Bertz CT molecular complexity index is 89.1. The molecule has 0 aromatic rings. The van der Waals surface area contributed by atoms with Crippen LogP contribution in [0.1, 0.15) is 25.7 Å². The van der Waals surface area contributed by atoms with Crippen molar-refractivity contribution in [1.82, 2.24) is 0 Å². The Labute approximate surface area is 67.0 Å². The fourth-order valence-electron chi connectivity index (χ4n) is 0.874. The summed E-state index contributed by atoms with van der Waals surface area (Å²) in [6.45, 7) is 0. The van der Waals surface area contributed by atoms with E-state index in [0.29, 0.717) is 0 Å². The van der Waals surface area contributed by atoms with Gasteiger partial charge in [-0.1, -0.05) is 24.3 Å². The molecule has 0 fully saturated rings. The largest absolute Gasteiger partial charge is 2.00 e. The molecular formula is C8H12Ni+2. The van der Waals surface area contributed by atoms with Crippen molar-refractivity contribution in [2.45, 2.75) is 25.7 Å². The maximum absolute atomic E-state index is 2.23. The monoisotopic (exact) mass is 166 g/mol. The molecule has 0 spiro atoms. The number of hydrogen-bond acceptors (Lipinski definition) is 0. The van der Waals surface area contributed by atoms with E-state index in [1.807, 2.05) is 0 Å². The van der Waals surface area contributed by atoms with Gasteiger partial charge >= 0.3 is 16.5 Å². The SMILES string of the molecule is C1=C\CCCC\C=C/1.[Ni+2]. The van der Waals surface area contributed by atoms with E-state index >= 15 is 0 Å². The Morgan fingerprint density at radius 1 is 0.778 bits per heavy atom. The van der Waals surface area contributed by atoms with Gasteiger partial charge in [-0.25, -0.2) is 0 Å². The summed E-state index contributed by atoms with van der Waals surface area (Å²) in [4.78, 5) is 0. The van der Waals surface area contributed by atoms with E-state index in [1.165, 1.54) is 25.7 Å². The first-order chi connectivity index (χ1) is 4.00. The van der Waals surface area contributed by atoms with Gasteiger partial charge in [0.2, 0.25) is 0 Å². The minimum atomic E-state index is 0. The van der Waals surface area contributed by atoms with E-state index in [4.69, 9.17) is 0 Å². The van der Waals surface area contributed by atoms with Crippen molar-refractivity contribution in [3.05, 3.63) is 24.3 Å². The summed E-state index contributed by atoms with van der Waals surface area (Å²) in [5, 5.41) is 0. The normalized spacial score (nSPS) is 24.9. The molecule has 0 heterocycles. The molecule has 0 amide bonds. The molecule has 1 aliphatic carbocycles. The number of allylic oxidation sites excluding steroid dienone is 4. The van der Waals surface area contributed by atoms with Crippen LogP contribution in [0.2, 0.25) is 0 Å². The van der Waals surface area contributed by atoms with Crippen LogP contribution in [0.15, 0.2) is 24.3 Å². The van der Waals surface area contributed by atoms with Crippen LogP contribution in [0, 0.1) is 0 Å². The summed E-state index contributed by atoms with van der Waals surface area (Å²) >= 11 is 0. The van der Waals surface area contributed by atoms with Gasteiger partial charge in [0.25, 0.3) is 0 Å². The van der Waals surface area contributed by atoms with Crippen molar-refractivity contribution < 1.29 is 16.5 Å². The summed E-state index contributed by atoms with van der Waals surface area (Å²) in [5.41, 5.74) is 0. The van der Waals surface area contributed by atoms with Crippen LogP contribution in [-0.2, 0) is 16.5 Å². The van der Waals surface area contributed by atoms with Crippen LogP contribution in [0.4, 0.5) is 0 Å². The molecule has 1 aliphatic rings. The van der Waals surface area contributed by atoms with Crippen molar-refractivity contribution in [2.75, 3.05) is 0 Å². The van der Waals surface area contributed by atoms with Gasteiger partial charge in [-0.2, -0.15) is 0 Å². The Hall–Kier alpha value is -0.0265. The maximum Gasteiger partial charge on any atom is 2.00 e. The van der Waals surface area contributed by atoms with Crippen molar-refractivity contribution in [3.63, 3.8) is 0 Å². The van der Waals surface area contributed by atoms with E-state index in [0.717, 1.165) is 0 Å². The molecule has 52 valence electrons. The Morgan fingerprint density at radius 2 is 1.22 bits per heavy atom. The summed E-state index contributed by atoms with van der Waals surface area (Å²) in [7, 11) is 0. The van der Waals surface area contributed by atoms with Crippen LogP contribution >= 0.6 is 0 Å². The Balaban J connectivity index is 0.000000640. The molecule has 0 unspecified atom stereocenters. The molecule has 0 bridgehead atoms. The molecule has 0 nitrogen and oxygen atoms in total. The second-order valence-corrected chi connectivity index (χ2v) is 2.14. The molecule has 9 heavy (non-hydrogen) atoms. The zero-order valence-electron chi connectivity index (χ0n) is 5.45. The van der Waals surface area contributed by atoms with E-state index in [-0.39, 0.29) is 16.5 Å². The number of hydrogen-bond donors (Lipinski definition) is 0. The molecule has 0 N–H and O–H groups in total. The fourth-order valence-corrected chi connectivity index (χ4v) is 0.874. The van der Waals surface area contributed by atoms with Crippen LogP contribution in [-0.4, -0.2) is 0 Å². The first-order valence-corrected chi connectivity index (χ1v) is 3.32. The topological polar surface area (TPSA) is 0 Å². The smallest absolute Gasteiger partial charge is 0.0845 e. The Kier molecular flexibility index (Phi) is 6.08. The third kappa shape index (κ3) is 4.48. The zero-order valence-corrected chi connectivity index (χ0v) is 6.44. The predicted octanol–water partition coefficient (Wildman–Crippen LogP) is 2.67. The van der Waals surface area contributed by atoms with Crippen LogP contribution in [0.25, 0.3) is 0 Å². The molecule has 0 saturated heterocycles. The van der Waals surface area contributed by atoms with Crippen LogP contribution < -0.4 is 0 Å². The van der Waals surface area contributed by atoms with Crippen molar-refractivity contribution in [1.29, 1.82) is 0 Å². The van der Waals surface area contributed by atoms with Gasteiger partial charge in [-0.05, 0) is 25.7 Å². The van der Waals surface area contributed by atoms with E-state index < -0.39 is 0 Å². The molecule has 0 atom stereocenters. The van der Waals surface area contributed by atoms with E-state index in [2.05, 4.69) is 24.3 Å². The van der Waals surface area contributed by atoms with Crippen LogP contribution in [0.3, 0.4) is 0 Å². The first-order valence-electron chi connectivity index (χ1n) is 3.32. The van der Waals surface area contributed by atoms with Gasteiger partial charge in [-0.15, -0.1) is 0 Å². The predicted molar refractivity (Wildman–Crippen MR) is 36.7 cm³/mol. The van der Waals surface area contributed by atoms with Gasteiger partial charge in [-0.3, -0.25) is 0 Å². The third-order valence-corrected chi connectivity index (χ3v) is 1.37. The van der Waals surface area contributed by atoms with Crippen molar-refractivity contribution >= 4 is 0 Å². The molecule has 0 radical (unpaired) electrons. The molecule has 0 aromatic carbocycles. The second-order valence-electron chi connectivity index (χ2n) is 2.14. The van der Waals surface area contributed by atoms with Gasteiger partial charge in [0.1, 0.15) is 0 Å². The molecule has 0 aromatic heterocycles. The molecule has 0 aliphatic heterocycles. The minimum absolute atomic E-state index is 0. The zero-order chi connectivity index (χ0) is 5.66. The summed E-state index contributed by atoms with van der Waals surface area (Å²) in [5.74, 6) is 0. The van der Waals surface area contributed by atoms with Crippen molar-refractivity contribution in [2.24, 2.45) is 0 Å². The summed E-state index contributed by atoms with van der Waals surface area (Å²) in [6.07, 6.45) is 14.0. The van der Waals surface area contributed by atoms with E-state index in [9.17, 15) is 0 Å². The first kappa shape index (κ1) is 8.97. The number of rotatable bonds is 0. The van der Waals surface area contributed by atoms with E-state index in [1.54, 1.807) is 0 Å². The molecule has 1 rings (SSSR count). The molecular weight excluding hydrogens is 155 g/mol. The summed E-state index contributed by atoms with van der Waals surface area (Å²) < 4.78 is 0. The van der Waals surface area contributed by atoms with Gasteiger partial charge in [0.15, 0.2) is 0 Å². The van der Waals surface area contributed by atoms with Gasteiger partial charge in [0, 0.05) is 0 Å². The fraction of sp³-hybridized carbons (Fsp3) is 0.500. The average Bonchev–Trinajstić information content (AvgIpc) is 1.62. The van der Waals surface area contributed by atoms with Crippen LogP contribution in [0.5, 0.6) is 0 Å². The standard InChI is InChI=1S/C8H12.Ni/c1-2-4-6-8-7-5-3-1;/h1-4H,5-8H2;/q;+2/b3-1-,4-2-;. The van der Waals surface area contributed by atoms with Crippen molar-refractivity contribution in [3.8, 4) is 0 Å². The van der Waals surface area contributed by atoms with Gasteiger partial charge in [0.05, 0.1) is 0 Å². The molecule has 1 heteroatoms. The Morgan fingerprint density at radius 3 is 1.67 bits per heavy atom. The second kappa shape index (κ2) is 6.10. The third-order valence-electron chi connectivity index (χ3n) is 1.37. The summed E-state index contributed by atoms with van der Waals surface area (Å²) in [6, 6.07) is 0. The quantitative estimate of drug-likeness (QED) is 0.486. The average molecular weight is 167 g/mol. The maximum atomic E-state index is 2.23. The van der Waals surface area contributed by atoms with Gasteiger partial charge < -0.3 is 0 Å². The molecule has 0 saturated carbocycles.